The second kappa shape index (κ2) is 6.26. The maximum atomic E-state index is 11.7. The van der Waals surface area contributed by atoms with E-state index in [0.29, 0.717) is 18.9 Å². The molecule has 0 atom stereocenters. The lowest BCUT2D eigenvalue weighted by atomic mass is 10.1. The summed E-state index contributed by atoms with van der Waals surface area (Å²) >= 11 is 3.29. The number of nitrogens with two attached hydrogens (primary N) is 1. The molecular weight excluding hydrogens is 296 g/mol. The first-order chi connectivity index (χ1) is 8.26. The first-order valence-corrected chi connectivity index (χ1v) is 6.44. The molecule has 0 aliphatic heterocycles. The summed E-state index contributed by atoms with van der Waals surface area (Å²) < 4.78 is 0.877. The van der Waals surface area contributed by atoms with Crippen molar-refractivity contribution >= 4 is 27.7 Å². The van der Waals surface area contributed by atoms with Crippen LogP contribution in [0.2, 0.25) is 0 Å². The molecule has 0 unspecified atom stereocenters. The zero-order valence-corrected chi connectivity index (χ0v) is 12.5. The van der Waals surface area contributed by atoms with Crippen LogP contribution in [0.25, 0.3) is 0 Å². The zero-order chi connectivity index (χ0) is 13.8. The Bertz CT molecular complexity index is 400. The first kappa shape index (κ1) is 15.1. The molecule has 0 bridgehead atoms. The van der Waals surface area contributed by atoms with E-state index in [1.165, 1.54) is 0 Å². The van der Waals surface area contributed by atoms with Crippen LogP contribution in [0, 0.1) is 0 Å². The number of nitrogens with one attached hydrogen (secondary N) is 1. The smallest absolute Gasteiger partial charge is 0.239 e. The Morgan fingerprint density at radius 1 is 1.56 bits per heavy atom. The van der Waals surface area contributed by atoms with Gasteiger partial charge in [0.05, 0.1) is 6.54 Å². The predicted molar refractivity (Wildman–Crippen MR) is 76.3 cm³/mol. The Morgan fingerprint density at radius 2 is 2.22 bits per heavy atom. The second-order valence-corrected chi connectivity index (χ2v) is 5.99. The average Bonchev–Trinajstić information content (AvgIpc) is 2.18. The number of carbonyl (C=O) groups excluding carboxylic acids is 1. The molecule has 0 aliphatic carbocycles. The van der Waals surface area contributed by atoms with Crippen LogP contribution in [0.1, 0.15) is 13.8 Å². The summed E-state index contributed by atoms with van der Waals surface area (Å²) in [5.74, 6) is 0.445. The molecule has 0 fully saturated rings. The van der Waals surface area contributed by atoms with Crippen LogP contribution in [0.5, 0.6) is 0 Å². The number of carbonyl (C=O) groups is 1. The van der Waals surface area contributed by atoms with Crippen molar-refractivity contribution in [2.45, 2.75) is 19.4 Å². The number of hydrogen-bond donors (Lipinski definition) is 2. The van der Waals surface area contributed by atoms with Crippen molar-refractivity contribution in [3.05, 3.63) is 22.8 Å². The van der Waals surface area contributed by atoms with Gasteiger partial charge in [-0.15, -0.1) is 0 Å². The van der Waals surface area contributed by atoms with E-state index in [1.807, 2.05) is 31.9 Å². The highest BCUT2D eigenvalue weighted by Gasteiger charge is 2.16. The molecule has 1 aromatic rings. The zero-order valence-electron chi connectivity index (χ0n) is 10.9. The van der Waals surface area contributed by atoms with Gasteiger partial charge in [0.1, 0.15) is 5.82 Å². The standard InChI is InChI=1S/C12H19BrN4O/c1-12(2,14)8-17(3)7-11(18)16-10-5-4-9(13)6-15-10/h4-6H,7-8,14H2,1-3H3,(H,15,16,18). The molecule has 100 valence electrons. The molecule has 0 radical (unpaired) electrons. The third kappa shape index (κ3) is 6.09. The maximum Gasteiger partial charge on any atom is 0.239 e. The Balaban J connectivity index is 2.44. The van der Waals surface area contributed by atoms with E-state index in [2.05, 4.69) is 26.2 Å². The fourth-order valence-electron chi connectivity index (χ4n) is 1.63. The third-order valence-electron chi connectivity index (χ3n) is 2.09. The van der Waals surface area contributed by atoms with E-state index in [0.717, 1.165) is 4.47 Å². The van der Waals surface area contributed by atoms with Crippen molar-refractivity contribution in [1.29, 1.82) is 0 Å². The summed E-state index contributed by atoms with van der Waals surface area (Å²) in [6, 6.07) is 3.57. The normalized spacial score (nSPS) is 11.7. The quantitative estimate of drug-likeness (QED) is 0.863. The minimum atomic E-state index is -0.315. The van der Waals surface area contributed by atoms with Crippen LogP contribution in [-0.4, -0.2) is 41.5 Å². The lowest BCUT2D eigenvalue weighted by Gasteiger charge is -2.25. The van der Waals surface area contributed by atoms with Crippen molar-refractivity contribution in [2.24, 2.45) is 5.73 Å². The van der Waals surface area contributed by atoms with E-state index in [4.69, 9.17) is 5.73 Å². The molecule has 0 spiro atoms. The highest BCUT2D eigenvalue weighted by molar-refractivity contribution is 9.10. The number of nitrogens with zero attached hydrogens (tertiary/aromatic N) is 2. The summed E-state index contributed by atoms with van der Waals surface area (Å²) in [6.07, 6.45) is 1.64. The molecule has 1 rings (SSSR count). The maximum absolute atomic E-state index is 11.7. The van der Waals surface area contributed by atoms with E-state index < -0.39 is 0 Å². The first-order valence-electron chi connectivity index (χ1n) is 5.65. The number of aromatic nitrogens is 1. The Morgan fingerprint density at radius 3 is 2.72 bits per heavy atom. The number of likely N-dealkylation sites (N-methyl/N-ethyl adjacent to an activating group) is 1. The molecule has 1 amide bonds. The number of anilines is 1. The Labute approximate surface area is 116 Å². The molecular formula is C12H19BrN4O. The number of pyridine rings is 1. The van der Waals surface area contributed by atoms with Gasteiger partial charge in [-0.25, -0.2) is 4.98 Å². The van der Waals surface area contributed by atoms with Crippen LogP contribution in [-0.2, 0) is 4.79 Å². The average molecular weight is 315 g/mol. The highest BCUT2D eigenvalue weighted by atomic mass is 79.9. The van der Waals surface area contributed by atoms with Crippen molar-refractivity contribution in [2.75, 3.05) is 25.5 Å². The summed E-state index contributed by atoms with van der Waals surface area (Å²) in [5.41, 5.74) is 5.58. The van der Waals surface area contributed by atoms with Gasteiger partial charge in [-0.2, -0.15) is 0 Å². The van der Waals surface area contributed by atoms with Gasteiger partial charge in [0.15, 0.2) is 0 Å². The molecule has 6 heteroatoms. The monoisotopic (exact) mass is 314 g/mol. The minimum absolute atomic E-state index is 0.100. The van der Waals surface area contributed by atoms with Gasteiger partial charge in [-0.3, -0.25) is 9.69 Å². The molecule has 18 heavy (non-hydrogen) atoms. The molecule has 3 N–H and O–H groups in total. The molecule has 0 aliphatic rings. The number of halogens is 1. The van der Waals surface area contributed by atoms with Crippen molar-refractivity contribution in [3.63, 3.8) is 0 Å². The predicted octanol–water partition coefficient (Wildman–Crippen LogP) is 1.45. The molecule has 0 saturated heterocycles. The molecule has 1 heterocycles. The van der Waals surface area contributed by atoms with Gasteiger partial charge in [0, 0.05) is 22.8 Å². The number of rotatable bonds is 5. The highest BCUT2D eigenvalue weighted by Crippen LogP contribution is 2.10. The molecule has 1 aromatic heterocycles. The van der Waals surface area contributed by atoms with E-state index in [-0.39, 0.29) is 11.4 Å². The second-order valence-electron chi connectivity index (χ2n) is 5.07. The summed E-state index contributed by atoms with van der Waals surface area (Å²) in [4.78, 5) is 17.7. The summed E-state index contributed by atoms with van der Waals surface area (Å²) in [6.45, 7) is 4.79. The van der Waals surface area contributed by atoms with E-state index >= 15 is 0 Å². The summed E-state index contributed by atoms with van der Waals surface area (Å²) in [5, 5.41) is 2.73. The minimum Gasteiger partial charge on any atom is -0.324 e. The SMILES string of the molecule is CN(CC(=O)Nc1ccc(Br)cn1)CC(C)(C)N. The van der Waals surface area contributed by atoms with Crippen molar-refractivity contribution in [1.82, 2.24) is 9.88 Å². The number of hydrogen-bond acceptors (Lipinski definition) is 4. The topological polar surface area (TPSA) is 71.2 Å². The lowest BCUT2D eigenvalue weighted by molar-refractivity contribution is -0.117. The van der Waals surface area contributed by atoms with Gasteiger partial charge < -0.3 is 11.1 Å². The van der Waals surface area contributed by atoms with Gasteiger partial charge in [0.2, 0.25) is 5.91 Å². The van der Waals surface area contributed by atoms with Crippen LogP contribution in [0.3, 0.4) is 0 Å². The third-order valence-corrected chi connectivity index (χ3v) is 2.55. The van der Waals surface area contributed by atoms with Crippen LogP contribution in [0.15, 0.2) is 22.8 Å². The Hall–Kier alpha value is -0.980. The summed E-state index contributed by atoms with van der Waals surface area (Å²) in [7, 11) is 1.86. The largest absolute Gasteiger partial charge is 0.324 e. The van der Waals surface area contributed by atoms with E-state index in [9.17, 15) is 4.79 Å². The lowest BCUT2D eigenvalue weighted by Crippen LogP contribution is -2.45. The van der Waals surface area contributed by atoms with Gasteiger partial charge in [-0.1, -0.05) is 0 Å². The van der Waals surface area contributed by atoms with Gasteiger partial charge in [-0.05, 0) is 49.0 Å². The van der Waals surface area contributed by atoms with Crippen LogP contribution in [0.4, 0.5) is 5.82 Å². The molecule has 5 nitrogen and oxygen atoms in total. The van der Waals surface area contributed by atoms with Gasteiger partial charge in [0.25, 0.3) is 0 Å². The van der Waals surface area contributed by atoms with Crippen molar-refractivity contribution in [3.8, 4) is 0 Å². The fraction of sp³-hybridized carbons (Fsp3) is 0.500. The molecule has 0 saturated carbocycles. The number of amides is 1. The molecule has 0 aromatic carbocycles. The van der Waals surface area contributed by atoms with Crippen molar-refractivity contribution < 1.29 is 4.79 Å². The fourth-order valence-corrected chi connectivity index (χ4v) is 1.86. The van der Waals surface area contributed by atoms with Gasteiger partial charge >= 0.3 is 0 Å². The van der Waals surface area contributed by atoms with Crippen LogP contribution >= 0.6 is 15.9 Å². The van der Waals surface area contributed by atoms with Crippen LogP contribution < -0.4 is 11.1 Å². The Kier molecular flexibility index (Phi) is 5.25. The van der Waals surface area contributed by atoms with E-state index in [1.54, 1.807) is 12.3 Å².